The first-order chi connectivity index (χ1) is 23.4. The number of nitrogens with zero attached hydrogens (tertiary/aromatic N) is 9. The van der Waals surface area contributed by atoms with Crippen LogP contribution in [0.5, 0.6) is 0 Å². The van der Waals surface area contributed by atoms with Crippen molar-refractivity contribution in [3.63, 3.8) is 0 Å². The van der Waals surface area contributed by atoms with Gasteiger partial charge in [-0.2, -0.15) is 26.1 Å². The van der Waals surface area contributed by atoms with Crippen molar-refractivity contribution in [2.24, 2.45) is 0 Å². The molecule has 0 atom stereocenters. The Morgan fingerprint density at radius 2 is 0.878 bits per heavy atom. The molecule has 0 aliphatic carbocycles. The van der Waals surface area contributed by atoms with E-state index in [0.29, 0.717) is 11.6 Å². The number of anilines is 9. The molecule has 49 heavy (non-hydrogen) atoms. The summed E-state index contributed by atoms with van der Waals surface area (Å²) in [5, 5.41) is 8.04. The number of hydrogen-bond donors (Lipinski definition) is 0. The summed E-state index contributed by atoms with van der Waals surface area (Å²) in [5.74, 6) is 1.28. The van der Waals surface area contributed by atoms with Crippen molar-refractivity contribution in [1.29, 1.82) is 0 Å². The van der Waals surface area contributed by atoms with Crippen LogP contribution in [0.15, 0.2) is 109 Å². The molecule has 0 saturated carbocycles. The maximum atomic E-state index is 4.32. The fraction of sp³-hybridized carbons (Fsp3) is 0.103. The van der Waals surface area contributed by atoms with Crippen molar-refractivity contribution in [1.82, 2.24) is 15.2 Å². The fourth-order valence-electron chi connectivity index (χ4n) is 6.25. The Morgan fingerprint density at radius 3 is 1.29 bits per heavy atom. The van der Waals surface area contributed by atoms with Crippen molar-refractivity contribution >= 4 is 51.2 Å². The van der Waals surface area contributed by atoms with Crippen LogP contribution in [0.3, 0.4) is 0 Å². The zero-order chi connectivity index (χ0) is 32.8. The van der Waals surface area contributed by atoms with E-state index in [0.717, 1.165) is 28.3 Å². The third-order valence-corrected chi connectivity index (χ3v) is 8.55. The Labute approximate surface area is 301 Å². The first kappa shape index (κ1) is 32.2. The van der Waals surface area contributed by atoms with Gasteiger partial charge in [-0.1, -0.05) is 47.9 Å². The van der Waals surface area contributed by atoms with Crippen LogP contribution in [0.2, 0.25) is 0 Å². The van der Waals surface area contributed by atoms with Gasteiger partial charge in [0.1, 0.15) is 0 Å². The van der Waals surface area contributed by atoms with E-state index in [1.165, 1.54) is 28.4 Å². The molecular weight excluding hydrogens is 787 g/mol. The molecule has 9 nitrogen and oxygen atoms in total. The normalized spacial score (nSPS) is 14.3. The predicted molar refractivity (Wildman–Crippen MR) is 193 cm³/mol. The molecule has 4 heterocycles. The monoisotopic (exact) mass is 820 g/mol. The Hall–Kier alpha value is -5.31. The molecule has 3 aliphatic rings. The minimum Gasteiger partial charge on any atom is -0.504 e. The second-order valence-corrected chi connectivity index (χ2v) is 11.8. The van der Waals surface area contributed by atoms with Crippen molar-refractivity contribution in [2.45, 2.75) is 6.92 Å². The van der Waals surface area contributed by atoms with Gasteiger partial charge >= 0.3 is 0 Å². The van der Waals surface area contributed by atoms with Crippen molar-refractivity contribution < 1.29 is 20.1 Å². The average molecular weight is 820 g/mol. The van der Waals surface area contributed by atoms with Crippen molar-refractivity contribution in [3.8, 4) is 11.4 Å². The van der Waals surface area contributed by atoms with Gasteiger partial charge in [0.25, 0.3) is 0 Å². The summed E-state index contributed by atoms with van der Waals surface area (Å²) in [6, 6.07) is 44.3. The molecule has 249 valence electrons. The van der Waals surface area contributed by atoms with Crippen LogP contribution < -0.4 is 34.4 Å². The number of para-hydroxylation sites is 6. The summed E-state index contributed by atoms with van der Waals surface area (Å²) < 4.78 is 0. The van der Waals surface area contributed by atoms with Crippen LogP contribution in [-0.2, 0) is 20.1 Å². The topological polar surface area (TPSA) is 59.3 Å². The Balaban J connectivity index is 0.000000153. The smallest absolute Gasteiger partial charge is 0.0329 e. The van der Waals surface area contributed by atoms with E-state index in [4.69, 9.17) is 0 Å². The van der Waals surface area contributed by atoms with Gasteiger partial charge in [-0.25, -0.2) is 0 Å². The van der Waals surface area contributed by atoms with Crippen molar-refractivity contribution in [2.75, 3.05) is 50.5 Å². The van der Waals surface area contributed by atoms with Crippen LogP contribution in [0.1, 0.15) is 5.82 Å². The summed E-state index contributed by atoms with van der Waals surface area (Å²) in [4.78, 5) is 17.2. The first-order valence-corrected chi connectivity index (χ1v) is 15.7. The first-order valence-electron chi connectivity index (χ1n) is 15.7. The van der Waals surface area contributed by atoms with E-state index >= 15 is 0 Å². The molecule has 3 aliphatic heterocycles. The SMILES string of the molecule is CN1[CH-]N(c2[c-]c(N3[CH-]N(C)c4ccccc43)ccc2)c2ccccc21.Cc1nnc(-c2[c-]c(N3[CH-]N(C)c4ccccc43)ccc2)[n-]1.[Ir]. The number of aromatic nitrogens is 3. The summed E-state index contributed by atoms with van der Waals surface area (Å²) in [5.41, 5.74) is 10.9. The van der Waals surface area contributed by atoms with Gasteiger partial charge in [0.05, 0.1) is 0 Å². The minimum atomic E-state index is 0. The van der Waals surface area contributed by atoms with E-state index < -0.39 is 0 Å². The van der Waals surface area contributed by atoms with Gasteiger partial charge in [-0.3, -0.25) is 0 Å². The van der Waals surface area contributed by atoms with Crippen LogP contribution in [0.4, 0.5) is 51.2 Å². The molecule has 0 unspecified atom stereocenters. The number of fused-ring (bicyclic) bond motifs is 3. The average Bonchev–Trinajstić information content (AvgIpc) is 3.89. The fourth-order valence-corrected chi connectivity index (χ4v) is 6.25. The van der Waals surface area contributed by atoms with Gasteiger partial charge in [-0.05, 0) is 70.3 Å². The molecule has 0 N–H and O–H groups in total. The largest absolute Gasteiger partial charge is 0.504 e. The standard InChI is InChI=1S/C22H19N4.C17H14N5.Ir/c1-23-15-25(21-12-5-3-10-19(21)23)17-8-7-9-18(14-17)26-16-24(2)20-11-4-6-13-22(20)26;1-12-18-17(20-19-12)13-6-5-7-14(10-13)22-11-21(2)15-8-3-4-9-16(15)22;/h3-13,15-16H,1-2H3;3-9,11H,1-2H3;/q2*-3;. The predicted octanol–water partition coefficient (Wildman–Crippen LogP) is 7.82. The van der Waals surface area contributed by atoms with Gasteiger partial charge in [0.2, 0.25) is 0 Å². The Morgan fingerprint density at radius 1 is 0.490 bits per heavy atom. The maximum Gasteiger partial charge on any atom is 0.0329 e. The van der Waals surface area contributed by atoms with Crippen LogP contribution >= 0.6 is 0 Å². The third kappa shape index (κ3) is 5.98. The van der Waals surface area contributed by atoms with Gasteiger partial charge in [0, 0.05) is 54.2 Å². The zero-order valence-electron chi connectivity index (χ0n) is 27.5. The molecular formula is C39H33IrN9-6. The molecule has 0 bridgehead atoms. The van der Waals surface area contributed by atoms with E-state index in [1.807, 2.05) is 44.3 Å². The van der Waals surface area contributed by atoms with Crippen LogP contribution in [0, 0.1) is 39.1 Å². The second-order valence-electron chi connectivity index (χ2n) is 11.8. The van der Waals surface area contributed by atoms with Gasteiger partial charge < -0.3 is 44.6 Å². The minimum absolute atomic E-state index is 0. The van der Waals surface area contributed by atoms with E-state index in [9.17, 15) is 0 Å². The van der Waals surface area contributed by atoms with E-state index in [2.05, 4.69) is 170 Å². The van der Waals surface area contributed by atoms with E-state index in [-0.39, 0.29) is 20.1 Å². The molecule has 0 spiro atoms. The second kappa shape index (κ2) is 13.3. The number of rotatable bonds is 4. The summed E-state index contributed by atoms with van der Waals surface area (Å²) in [7, 11) is 6.18. The number of hydrogen-bond acceptors (Lipinski definition) is 8. The third-order valence-electron chi connectivity index (χ3n) is 8.55. The molecule has 1 radical (unpaired) electrons. The number of aryl methyl sites for hydroxylation is 1. The molecule has 5 aromatic carbocycles. The van der Waals surface area contributed by atoms with Crippen LogP contribution in [-0.4, -0.2) is 31.3 Å². The molecule has 1 aromatic heterocycles. The van der Waals surface area contributed by atoms with E-state index in [1.54, 1.807) is 0 Å². The number of benzene rings is 5. The molecule has 0 amide bonds. The quantitative estimate of drug-likeness (QED) is 0.166. The van der Waals surface area contributed by atoms with Gasteiger partial charge in [-0.15, -0.1) is 59.4 Å². The van der Waals surface area contributed by atoms with Gasteiger partial charge in [0.15, 0.2) is 0 Å². The summed E-state index contributed by atoms with van der Waals surface area (Å²) in [6.07, 6.45) is 0. The Bertz CT molecular complexity index is 2020. The molecule has 6 aromatic rings. The zero-order valence-corrected chi connectivity index (χ0v) is 29.9. The Kier molecular flexibility index (Phi) is 8.75. The maximum absolute atomic E-state index is 4.32. The van der Waals surface area contributed by atoms with Crippen molar-refractivity contribution in [3.05, 3.63) is 147 Å². The molecule has 0 saturated heterocycles. The molecule has 9 rings (SSSR count). The summed E-state index contributed by atoms with van der Waals surface area (Å²) >= 11 is 0. The summed E-state index contributed by atoms with van der Waals surface area (Å²) in [6.45, 7) is 8.09. The van der Waals surface area contributed by atoms with Crippen LogP contribution in [0.25, 0.3) is 11.4 Å². The molecule has 0 fully saturated rings. The molecule has 10 heteroatoms.